The highest BCUT2D eigenvalue weighted by atomic mass is 16.8. The number of aliphatic hydroxyl groups is 4. The third kappa shape index (κ3) is 6.74. The molecule has 190 valence electrons. The van der Waals surface area contributed by atoms with Crippen LogP contribution in [0.5, 0.6) is 0 Å². The first-order valence-corrected chi connectivity index (χ1v) is 11.0. The Kier molecular flexibility index (Phi) is 11.2. The summed E-state index contributed by atoms with van der Waals surface area (Å²) in [5, 5.41) is 39.7. The van der Waals surface area contributed by atoms with Crippen LogP contribution in [0.1, 0.15) is 26.2 Å². The summed E-state index contributed by atoms with van der Waals surface area (Å²) in [5.41, 5.74) is 0.234. The van der Waals surface area contributed by atoms with Gasteiger partial charge in [-0.3, -0.25) is 0 Å². The lowest BCUT2D eigenvalue weighted by molar-refractivity contribution is -0.339. The van der Waals surface area contributed by atoms with E-state index in [0.29, 0.717) is 6.61 Å². The van der Waals surface area contributed by atoms with E-state index >= 15 is 0 Å². The van der Waals surface area contributed by atoms with Crippen LogP contribution < -0.4 is 0 Å². The van der Waals surface area contributed by atoms with Crippen LogP contribution >= 0.6 is 0 Å². The van der Waals surface area contributed by atoms with E-state index in [9.17, 15) is 25.2 Å². The highest BCUT2D eigenvalue weighted by molar-refractivity contribution is 5.88. The van der Waals surface area contributed by atoms with E-state index < -0.39 is 67.7 Å². The zero-order valence-corrected chi connectivity index (χ0v) is 19.2. The van der Waals surface area contributed by atoms with Gasteiger partial charge in [0.2, 0.25) is 6.29 Å². The predicted molar refractivity (Wildman–Crippen MR) is 113 cm³/mol. The van der Waals surface area contributed by atoms with E-state index in [-0.39, 0.29) is 12.0 Å². The lowest BCUT2D eigenvalue weighted by Gasteiger charge is -2.43. The van der Waals surface area contributed by atoms with Crippen molar-refractivity contribution in [2.24, 2.45) is 11.8 Å². The number of unbranched alkanes of at least 4 members (excludes halogenated alkanes) is 1. The van der Waals surface area contributed by atoms with Gasteiger partial charge in [-0.15, -0.1) is 6.58 Å². The van der Waals surface area contributed by atoms with E-state index in [1.54, 1.807) is 0 Å². The molecule has 0 aromatic rings. The van der Waals surface area contributed by atoms with Crippen LogP contribution in [0.15, 0.2) is 24.5 Å². The van der Waals surface area contributed by atoms with Crippen molar-refractivity contribution in [3.05, 3.63) is 24.5 Å². The molecule has 2 aliphatic heterocycles. The summed E-state index contributed by atoms with van der Waals surface area (Å²) in [4.78, 5) is 12.4. The summed E-state index contributed by atoms with van der Waals surface area (Å²) >= 11 is 0. The summed E-state index contributed by atoms with van der Waals surface area (Å²) in [6.45, 7) is 5.76. The van der Waals surface area contributed by atoms with E-state index in [0.717, 1.165) is 12.8 Å². The first-order chi connectivity index (χ1) is 15.8. The molecule has 0 unspecified atom stereocenters. The van der Waals surface area contributed by atoms with Gasteiger partial charge in [-0.25, -0.2) is 4.79 Å². The Morgan fingerprint density at radius 3 is 2.52 bits per heavy atom. The van der Waals surface area contributed by atoms with Gasteiger partial charge in [0.25, 0.3) is 0 Å². The number of aliphatic hydroxyl groups excluding tert-OH is 4. The molecule has 2 aliphatic rings. The van der Waals surface area contributed by atoms with E-state index in [1.807, 2.05) is 6.92 Å². The molecule has 11 heteroatoms. The van der Waals surface area contributed by atoms with Crippen molar-refractivity contribution in [3.63, 3.8) is 0 Å². The maximum Gasteiger partial charge on any atom is 0.337 e. The predicted octanol–water partition coefficient (Wildman–Crippen LogP) is -0.186. The topological polar surface area (TPSA) is 153 Å². The van der Waals surface area contributed by atoms with Crippen molar-refractivity contribution < 1.29 is 53.6 Å². The van der Waals surface area contributed by atoms with Crippen LogP contribution in [0.25, 0.3) is 0 Å². The SMILES string of the molecule is C=C[C@H]1[C@H](O[C@@H]2O[C@H](CO)[C@@H](O)[C@H](O)[C@H]2O)OC=C(C(=O)OC)[C@H]1C[C@H](OC)OCCCC. The van der Waals surface area contributed by atoms with Crippen molar-refractivity contribution >= 4 is 5.97 Å². The average Bonchev–Trinajstić information content (AvgIpc) is 2.83. The molecule has 2 rings (SSSR count). The van der Waals surface area contributed by atoms with E-state index in [1.165, 1.54) is 26.6 Å². The zero-order chi connectivity index (χ0) is 24.5. The molecule has 0 amide bonds. The van der Waals surface area contributed by atoms with Crippen LogP contribution in [0.4, 0.5) is 0 Å². The van der Waals surface area contributed by atoms with E-state index in [2.05, 4.69) is 6.58 Å². The number of carbonyl (C=O) groups is 1. The smallest absolute Gasteiger partial charge is 0.337 e. The number of esters is 1. The Morgan fingerprint density at radius 2 is 1.94 bits per heavy atom. The normalized spacial score (nSPS) is 35.3. The molecule has 0 bridgehead atoms. The van der Waals surface area contributed by atoms with Gasteiger partial charge in [0, 0.05) is 32.0 Å². The van der Waals surface area contributed by atoms with Crippen LogP contribution in [-0.2, 0) is 33.2 Å². The number of methoxy groups -OCH3 is 2. The van der Waals surface area contributed by atoms with Crippen molar-refractivity contribution in [1.29, 1.82) is 0 Å². The van der Waals surface area contributed by atoms with Crippen molar-refractivity contribution in [1.82, 2.24) is 0 Å². The minimum absolute atomic E-state index is 0.234. The van der Waals surface area contributed by atoms with Crippen LogP contribution in [0.2, 0.25) is 0 Å². The molecule has 2 heterocycles. The first-order valence-electron chi connectivity index (χ1n) is 11.0. The molecule has 0 aliphatic carbocycles. The first kappa shape index (κ1) is 27.7. The molecule has 1 saturated heterocycles. The Labute approximate surface area is 193 Å². The molecule has 0 aromatic heterocycles. The number of rotatable bonds is 12. The fourth-order valence-corrected chi connectivity index (χ4v) is 3.83. The van der Waals surface area contributed by atoms with Gasteiger partial charge < -0.3 is 48.8 Å². The quantitative estimate of drug-likeness (QED) is 0.128. The standard InChI is InChI=1S/C22H36O11/c1-5-7-8-30-16(28-3)9-13-12(6-2)21(31-11-14(13)20(27)29-4)33-22-19(26)18(25)17(24)15(10-23)32-22/h6,11-13,15-19,21-26H,2,5,7-10H2,1,3-4H3/t12-,13+,15-,16-,17-,18+,19-,21+,22+/m1/s1. The van der Waals surface area contributed by atoms with Crippen LogP contribution in [0, 0.1) is 11.8 Å². The third-order valence-corrected chi connectivity index (χ3v) is 5.83. The number of hydrogen-bond donors (Lipinski definition) is 4. The fraction of sp³-hybridized carbons (Fsp3) is 0.773. The molecule has 4 N–H and O–H groups in total. The molecular weight excluding hydrogens is 440 g/mol. The highest BCUT2D eigenvalue weighted by Gasteiger charge is 2.47. The maximum atomic E-state index is 12.4. The minimum atomic E-state index is -1.61. The largest absolute Gasteiger partial charge is 0.471 e. The molecule has 0 aromatic carbocycles. The number of carbonyl (C=O) groups excluding carboxylic acids is 1. The summed E-state index contributed by atoms with van der Waals surface area (Å²) < 4.78 is 32.9. The third-order valence-electron chi connectivity index (χ3n) is 5.83. The summed E-state index contributed by atoms with van der Waals surface area (Å²) in [6, 6.07) is 0. The molecule has 33 heavy (non-hydrogen) atoms. The van der Waals surface area contributed by atoms with Gasteiger partial charge in [0.1, 0.15) is 24.4 Å². The molecule has 11 nitrogen and oxygen atoms in total. The Bertz CT molecular complexity index is 652. The zero-order valence-electron chi connectivity index (χ0n) is 19.2. The number of hydrogen-bond acceptors (Lipinski definition) is 11. The van der Waals surface area contributed by atoms with Gasteiger partial charge in [-0.2, -0.15) is 0 Å². The number of ether oxygens (including phenoxy) is 6. The lowest BCUT2D eigenvalue weighted by Crippen LogP contribution is -2.60. The molecule has 1 fully saturated rings. The van der Waals surface area contributed by atoms with Crippen molar-refractivity contribution in [3.8, 4) is 0 Å². The Morgan fingerprint density at radius 1 is 1.21 bits per heavy atom. The van der Waals surface area contributed by atoms with Gasteiger partial charge in [-0.1, -0.05) is 19.4 Å². The maximum absolute atomic E-state index is 12.4. The van der Waals surface area contributed by atoms with Crippen LogP contribution in [-0.4, -0.2) is 97.1 Å². The van der Waals surface area contributed by atoms with Crippen molar-refractivity contribution in [2.75, 3.05) is 27.4 Å². The monoisotopic (exact) mass is 476 g/mol. The Hall–Kier alpha value is -1.57. The van der Waals surface area contributed by atoms with Crippen molar-refractivity contribution in [2.45, 2.75) is 69.5 Å². The summed E-state index contributed by atoms with van der Waals surface area (Å²) in [6.07, 6.45) is -4.17. The minimum Gasteiger partial charge on any atom is -0.471 e. The molecule has 0 spiro atoms. The lowest BCUT2D eigenvalue weighted by atomic mass is 9.81. The summed E-state index contributed by atoms with van der Waals surface area (Å²) in [5.74, 6) is -1.75. The molecule has 9 atom stereocenters. The second-order valence-corrected chi connectivity index (χ2v) is 7.95. The van der Waals surface area contributed by atoms with Gasteiger partial charge in [0.05, 0.1) is 25.6 Å². The summed E-state index contributed by atoms with van der Waals surface area (Å²) in [7, 11) is 2.76. The van der Waals surface area contributed by atoms with E-state index in [4.69, 9.17) is 28.4 Å². The highest BCUT2D eigenvalue weighted by Crippen LogP contribution is 2.38. The molecular formula is C22H36O11. The van der Waals surface area contributed by atoms with Gasteiger partial charge in [0.15, 0.2) is 12.6 Å². The molecule has 0 saturated carbocycles. The second kappa shape index (κ2) is 13.4. The van der Waals surface area contributed by atoms with Gasteiger partial charge in [-0.05, 0) is 6.42 Å². The van der Waals surface area contributed by atoms with Crippen LogP contribution in [0.3, 0.4) is 0 Å². The van der Waals surface area contributed by atoms with Gasteiger partial charge >= 0.3 is 5.97 Å². The Balaban J connectivity index is 2.23. The fourth-order valence-electron chi connectivity index (χ4n) is 3.83. The second-order valence-electron chi connectivity index (χ2n) is 7.95. The average molecular weight is 477 g/mol. The molecule has 0 radical (unpaired) electrons.